The number of amides is 1. The van der Waals surface area contributed by atoms with Crippen LogP contribution in [0.15, 0.2) is 77.7 Å². The van der Waals surface area contributed by atoms with Crippen LogP contribution in [0, 0.1) is 13.8 Å². The first kappa shape index (κ1) is 20.6. The molecule has 6 heteroatoms. The van der Waals surface area contributed by atoms with Gasteiger partial charge < -0.3 is 5.32 Å². The highest BCUT2D eigenvalue weighted by atomic mass is 32.2. The highest BCUT2D eigenvalue weighted by Crippen LogP contribution is 2.19. The third-order valence-electron chi connectivity index (χ3n) is 4.73. The molecule has 0 radical (unpaired) electrons. The second-order valence-electron chi connectivity index (χ2n) is 7.05. The van der Waals surface area contributed by atoms with E-state index in [-0.39, 0.29) is 16.8 Å². The average Bonchev–Trinajstić information content (AvgIpc) is 2.68. The molecule has 1 atom stereocenters. The van der Waals surface area contributed by atoms with Gasteiger partial charge in [0.05, 0.1) is 10.9 Å². The molecule has 0 spiro atoms. The fourth-order valence-electron chi connectivity index (χ4n) is 3.05. The molecule has 1 amide bonds. The van der Waals surface area contributed by atoms with Crippen molar-refractivity contribution in [1.82, 2.24) is 5.32 Å². The van der Waals surface area contributed by atoms with Gasteiger partial charge in [-0.25, -0.2) is 8.42 Å². The van der Waals surface area contributed by atoms with Gasteiger partial charge in [0.25, 0.3) is 15.9 Å². The lowest BCUT2D eigenvalue weighted by atomic mass is 10.0. The van der Waals surface area contributed by atoms with Crippen LogP contribution in [0.4, 0.5) is 5.69 Å². The molecule has 0 heterocycles. The van der Waals surface area contributed by atoms with Crippen molar-refractivity contribution in [1.29, 1.82) is 0 Å². The summed E-state index contributed by atoms with van der Waals surface area (Å²) in [5.74, 6) is -0.214. The SMILES string of the molecule is Cc1ccc(S(=O)(=O)Nc2ccc(C(=O)N[C@@H](C)c3ccccc3C)cc2)cc1. The topological polar surface area (TPSA) is 75.3 Å². The largest absolute Gasteiger partial charge is 0.346 e. The first-order valence-corrected chi connectivity index (χ1v) is 10.8. The Kier molecular flexibility index (Phi) is 6.03. The molecule has 150 valence electrons. The molecule has 3 aromatic rings. The van der Waals surface area contributed by atoms with Crippen molar-refractivity contribution in [3.05, 3.63) is 95.1 Å². The van der Waals surface area contributed by atoms with Crippen LogP contribution in [-0.4, -0.2) is 14.3 Å². The van der Waals surface area contributed by atoms with Crippen molar-refractivity contribution in [3.8, 4) is 0 Å². The first-order chi connectivity index (χ1) is 13.8. The van der Waals surface area contributed by atoms with Gasteiger partial charge in [-0.3, -0.25) is 9.52 Å². The van der Waals surface area contributed by atoms with Gasteiger partial charge in [-0.2, -0.15) is 0 Å². The molecule has 0 unspecified atom stereocenters. The van der Waals surface area contributed by atoms with Crippen molar-refractivity contribution in [2.45, 2.75) is 31.7 Å². The predicted octanol–water partition coefficient (Wildman–Crippen LogP) is 4.60. The lowest BCUT2D eigenvalue weighted by molar-refractivity contribution is 0.0940. The van der Waals surface area contributed by atoms with Crippen molar-refractivity contribution >= 4 is 21.6 Å². The summed E-state index contributed by atoms with van der Waals surface area (Å²) < 4.78 is 27.5. The van der Waals surface area contributed by atoms with Crippen molar-refractivity contribution < 1.29 is 13.2 Å². The fraction of sp³-hybridized carbons (Fsp3) is 0.174. The van der Waals surface area contributed by atoms with Gasteiger partial charge in [-0.05, 0) is 68.3 Å². The zero-order valence-corrected chi connectivity index (χ0v) is 17.5. The van der Waals surface area contributed by atoms with E-state index in [4.69, 9.17) is 0 Å². The lowest BCUT2D eigenvalue weighted by Crippen LogP contribution is -2.27. The summed E-state index contributed by atoms with van der Waals surface area (Å²) >= 11 is 0. The Bertz CT molecular complexity index is 1110. The average molecular weight is 409 g/mol. The Morgan fingerprint density at radius 1 is 0.862 bits per heavy atom. The van der Waals surface area contributed by atoms with Gasteiger partial charge in [0.2, 0.25) is 0 Å². The highest BCUT2D eigenvalue weighted by Gasteiger charge is 2.15. The van der Waals surface area contributed by atoms with Crippen LogP contribution >= 0.6 is 0 Å². The summed E-state index contributed by atoms with van der Waals surface area (Å²) in [5, 5.41) is 2.97. The molecular weight excluding hydrogens is 384 g/mol. The fourth-order valence-corrected chi connectivity index (χ4v) is 4.11. The van der Waals surface area contributed by atoms with E-state index in [0.717, 1.165) is 16.7 Å². The number of hydrogen-bond acceptors (Lipinski definition) is 3. The lowest BCUT2D eigenvalue weighted by Gasteiger charge is -2.17. The van der Waals surface area contributed by atoms with Crippen LogP contribution in [0.2, 0.25) is 0 Å². The van der Waals surface area contributed by atoms with Crippen LogP contribution < -0.4 is 10.0 Å². The van der Waals surface area contributed by atoms with Crippen LogP contribution in [0.5, 0.6) is 0 Å². The van der Waals surface area contributed by atoms with Crippen LogP contribution in [0.25, 0.3) is 0 Å². The van der Waals surface area contributed by atoms with Crippen molar-refractivity contribution in [3.63, 3.8) is 0 Å². The minimum atomic E-state index is -3.67. The molecule has 3 aromatic carbocycles. The molecule has 0 fully saturated rings. The Labute approximate surface area is 171 Å². The summed E-state index contributed by atoms with van der Waals surface area (Å²) in [6.07, 6.45) is 0. The standard InChI is InChI=1S/C23H24N2O3S/c1-16-8-14-21(15-9-16)29(27,28)25-20-12-10-19(11-13-20)23(26)24-18(3)22-7-5-4-6-17(22)2/h4-15,18,25H,1-3H3,(H,24,26)/t18-/m0/s1. The first-order valence-electron chi connectivity index (χ1n) is 9.32. The maximum absolute atomic E-state index is 12.5. The second kappa shape index (κ2) is 8.49. The Balaban J connectivity index is 1.69. The van der Waals surface area contributed by atoms with Gasteiger partial charge in [0, 0.05) is 11.3 Å². The predicted molar refractivity (Wildman–Crippen MR) is 115 cm³/mol. The molecule has 3 rings (SSSR count). The summed E-state index contributed by atoms with van der Waals surface area (Å²) in [6.45, 7) is 5.84. The summed E-state index contributed by atoms with van der Waals surface area (Å²) in [5.41, 5.74) is 4.02. The molecule has 0 saturated heterocycles. The second-order valence-corrected chi connectivity index (χ2v) is 8.73. The van der Waals surface area contributed by atoms with E-state index in [2.05, 4.69) is 10.0 Å². The van der Waals surface area contributed by atoms with E-state index in [1.807, 2.05) is 45.0 Å². The maximum atomic E-state index is 12.5. The smallest absolute Gasteiger partial charge is 0.261 e. The normalized spacial score (nSPS) is 12.2. The van der Waals surface area contributed by atoms with E-state index in [1.165, 1.54) is 0 Å². The van der Waals surface area contributed by atoms with Gasteiger partial charge in [-0.1, -0.05) is 42.0 Å². The van der Waals surface area contributed by atoms with Crippen LogP contribution in [0.3, 0.4) is 0 Å². The van der Waals surface area contributed by atoms with Crippen LogP contribution in [0.1, 0.15) is 40.0 Å². The molecule has 0 aliphatic carbocycles. The number of sulfonamides is 1. The number of anilines is 1. The van der Waals surface area contributed by atoms with E-state index in [9.17, 15) is 13.2 Å². The van der Waals surface area contributed by atoms with E-state index in [1.54, 1.807) is 48.5 Å². The number of nitrogens with one attached hydrogen (secondary N) is 2. The molecule has 0 aliphatic heterocycles. The molecular formula is C23H24N2O3S. The quantitative estimate of drug-likeness (QED) is 0.626. The number of benzene rings is 3. The molecule has 0 saturated carbocycles. The molecule has 0 aromatic heterocycles. The van der Waals surface area contributed by atoms with Gasteiger partial charge in [-0.15, -0.1) is 0 Å². The molecule has 5 nitrogen and oxygen atoms in total. The number of carbonyl (C=O) groups is 1. The van der Waals surface area contributed by atoms with Crippen LogP contribution in [-0.2, 0) is 10.0 Å². The zero-order chi connectivity index (χ0) is 21.0. The molecule has 2 N–H and O–H groups in total. The monoisotopic (exact) mass is 408 g/mol. The van der Waals surface area contributed by atoms with E-state index >= 15 is 0 Å². The van der Waals surface area contributed by atoms with Crippen molar-refractivity contribution in [2.24, 2.45) is 0 Å². The zero-order valence-electron chi connectivity index (χ0n) is 16.6. The summed E-state index contributed by atoms with van der Waals surface area (Å²) in [6, 6.07) is 20.8. The molecule has 0 aliphatic rings. The number of rotatable bonds is 6. The minimum absolute atomic E-state index is 0.136. The number of carbonyl (C=O) groups excluding carboxylic acids is 1. The van der Waals surface area contributed by atoms with Gasteiger partial charge >= 0.3 is 0 Å². The Hall–Kier alpha value is -3.12. The minimum Gasteiger partial charge on any atom is -0.346 e. The maximum Gasteiger partial charge on any atom is 0.261 e. The Morgan fingerprint density at radius 2 is 1.48 bits per heavy atom. The molecule has 0 bridgehead atoms. The Morgan fingerprint density at radius 3 is 2.10 bits per heavy atom. The van der Waals surface area contributed by atoms with E-state index in [0.29, 0.717) is 11.3 Å². The third kappa shape index (κ3) is 5.03. The molecule has 29 heavy (non-hydrogen) atoms. The third-order valence-corrected chi connectivity index (χ3v) is 6.13. The van der Waals surface area contributed by atoms with Gasteiger partial charge in [0.1, 0.15) is 0 Å². The highest BCUT2D eigenvalue weighted by molar-refractivity contribution is 7.92. The van der Waals surface area contributed by atoms with Gasteiger partial charge in [0.15, 0.2) is 0 Å². The summed E-state index contributed by atoms with van der Waals surface area (Å²) in [7, 11) is -3.67. The van der Waals surface area contributed by atoms with E-state index < -0.39 is 10.0 Å². The number of aryl methyl sites for hydroxylation is 2. The summed E-state index contributed by atoms with van der Waals surface area (Å²) in [4.78, 5) is 12.7. The number of hydrogen-bond donors (Lipinski definition) is 2. The van der Waals surface area contributed by atoms with Crippen molar-refractivity contribution in [2.75, 3.05) is 4.72 Å².